The molecule has 0 bridgehead atoms. The largest absolute Gasteiger partial charge is 0.134 e. The van der Waals surface area contributed by atoms with Crippen molar-refractivity contribution in [3.63, 3.8) is 0 Å². The molecule has 1 heteroatoms. The van der Waals surface area contributed by atoms with E-state index in [4.69, 9.17) is 0 Å². The summed E-state index contributed by atoms with van der Waals surface area (Å²) >= 11 is 0. The maximum atomic E-state index is 2.49. The first-order valence-electron chi connectivity index (χ1n) is 6.04. The van der Waals surface area contributed by atoms with E-state index in [-0.39, 0.29) is 0 Å². The first-order valence-corrected chi connectivity index (χ1v) is 6.04. The molecule has 1 rings (SSSR count). The van der Waals surface area contributed by atoms with Gasteiger partial charge in [0.05, 0.1) is 0 Å². The van der Waals surface area contributed by atoms with Crippen molar-refractivity contribution in [2.24, 2.45) is 0 Å². The first-order chi connectivity index (χ1) is 6.04. The zero-order chi connectivity index (χ0) is 9.95. The van der Waals surface area contributed by atoms with Gasteiger partial charge in [-0.3, -0.25) is 0 Å². The third-order valence-corrected chi connectivity index (χ3v) is 4.37. The Bertz CT molecular complexity index is 149. The first kappa shape index (κ1) is 11.1. The van der Waals surface area contributed by atoms with Crippen LogP contribution < -0.4 is 0 Å². The number of rotatable bonds is 2. The van der Waals surface area contributed by atoms with Crippen LogP contribution in [0.15, 0.2) is 0 Å². The second-order valence-corrected chi connectivity index (χ2v) is 5.71. The summed E-state index contributed by atoms with van der Waals surface area (Å²) in [4.78, 5) is 0. The minimum absolute atomic E-state index is 0.640. The van der Waals surface area contributed by atoms with Crippen LogP contribution >= 0.6 is 0 Å². The normalized spacial score (nSPS) is 40.9. The predicted molar refractivity (Wildman–Crippen MR) is 62.9 cm³/mol. The Morgan fingerprint density at radius 2 is 1.31 bits per heavy atom. The van der Waals surface area contributed by atoms with Gasteiger partial charge in [-0.25, -0.2) is 0 Å². The van der Waals surface area contributed by atoms with E-state index in [1.165, 1.54) is 45.8 Å². The van der Waals surface area contributed by atoms with Gasteiger partial charge in [0.25, 0.3) is 0 Å². The van der Waals surface area contributed by atoms with E-state index >= 15 is 0 Å². The maximum Gasteiger partial charge on any atom is 0.134 e. The highest BCUT2D eigenvalue weighted by Gasteiger charge is 2.36. The van der Waals surface area contributed by atoms with Gasteiger partial charge in [0.2, 0.25) is 0 Å². The van der Waals surface area contributed by atoms with Crippen LogP contribution in [0.5, 0.6) is 0 Å². The van der Waals surface area contributed by atoms with Crippen molar-refractivity contribution in [3.8, 4) is 0 Å². The number of hydrogen-bond donors (Lipinski definition) is 0. The SMILES string of the molecule is CCC1(C)BC(C)(CC)CCCC1. The average molecular weight is 180 g/mol. The molecule has 13 heavy (non-hydrogen) atoms. The van der Waals surface area contributed by atoms with Gasteiger partial charge in [0, 0.05) is 0 Å². The minimum Gasteiger partial charge on any atom is -0.0666 e. The summed E-state index contributed by atoms with van der Waals surface area (Å²) < 4.78 is 0. The second kappa shape index (κ2) is 4.06. The Kier molecular flexibility index (Phi) is 3.48. The van der Waals surface area contributed by atoms with E-state index in [2.05, 4.69) is 27.7 Å². The molecule has 1 fully saturated rings. The summed E-state index contributed by atoms with van der Waals surface area (Å²) in [5, 5.41) is 1.28. The van der Waals surface area contributed by atoms with E-state index in [0.29, 0.717) is 10.6 Å². The zero-order valence-electron chi connectivity index (χ0n) is 9.95. The quantitative estimate of drug-likeness (QED) is 0.559. The fraction of sp³-hybridized carbons (Fsp3) is 1.00. The van der Waals surface area contributed by atoms with Crippen LogP contribution in [0.4, 0.5) is 0 Å². The molecular formula is C12H25B. The molecule has 0 nitrogen and oxygen atoms in total. The molecule has 76 valence electrons. The van der Waals surface area contributed by atoms with Gasteiger partial charge in [-0.2, -0.15) is 0 Å². The molecule has 0 aromatic rings. The van der Waals surface area contributed by atoms with Crippen LogP contribution in [0, 0.1) is 0 Å². The van der Waals surface area contributed by atoms with Crippen molar-refractivity contribution in [2.75, 3.05) is 0 Å². The molecule has 0 amide bonds. The summed E-state index contributed by atoms with van der Waals surface area (Å²) in [7, 11) is 1.45. The van der Waals surface area contributed by atoms with Crippen molar-refractivity contribution in [2.45, 2.75) is 76.8 Å². The molecular weight excluding hydrogens is 155 g/mol. The van der Waals surface area contributed by atoms with Gasteiger partial charge in [0.15, 0.2) is 0 Å². The third kappa shape index (κ3) is 2.75. The van der Waals surface area contributed by atoms with Gasteiger partial charge in [-0.1, -0.05) is 76.8 Å². The molecule has 0 N–H and O–H groups in total. The second-order valence-electron chi connectivity index (χ2n) is 5.71. The Morgan fingerprint density at radius 1 is 0.923 bits per heavy atom. The van der Waals surface area contributed by atoms with Crippen molar-refractivity contribution in [1.29, 1.82) is 0 Å². The van der Waals surface area contributed by atoms with Crippen molar-refractivity contribution in [3.05, 3.63) is 0 Å². The third-order valence-electron chi connectivity index (χ3n) is 4.37. The zero-order valence-corrected chi connectivity index (χ0v) is 9.95. The highest BCUT2D eigenvalue weighted by atomic mass is 14.3. The van der Waals surface area contributed by atoms with Crippen LogP contribution in [-0.2, 0) is 0 Å². The monoisotopic (exact) mass is 180 g/mol. The highest BCUT2D eigenvalue weighted by Crippen LogP contribution is 2.49. The fourth-order valence-electron chi connectivity index (χ4n) is 2.91. The summed E-state index contributed by atoms with van der Waals surface area (Å²) in [6.07, 6.45) is 8.56. The lowest BCUT2D eigenvalue weighted by atomic mass is 9.38. The van der Waals surface area contributed by atoms with Crippen molar-refractivity contribution in [1.82, 2.24) is 0 Å². The van der Waals surface area contributed by atoms with E-state index in [9.17, 15) is 0 Å². The van der Waals surface area contributed by atoms with Crippen LogP contribution in [-0.4, -0.2) is 7.28 Å². The molecule has 0 aliphatic carbocycles. The lowest BCUT2D eigenvalue weighted by molar-refractivity contribution is 0.510. The maximum absolute atomic E-state index is 2.49. The Balaban J connectivity index is 2.70. The molecule has 0 radical (unpaired) electrons. The molecule has 1 saturated heterocycles. The summed E-state index contributed by atoms with van der Waals surface area (Å²) in [6.45, 7) is 9.71. The van der Waals surface area contributed by atoms with Crippen molar-refractivity contribution >= 4 is 7.28 Å². The lowest BCUT2D eigenvalue weighted by Crippen LogP contribution is -2.25. The smallest absolute Gasteiger partial charge is 0.0666 e. The van der Waals surface area contributed by atoms with Crippen LogP contribution in [0.25, 0.3) is 0 Å². The molecule has 2 atom stereocenters. The van der Waals surface area contributed by atoms with Crippen molar-refractivity contribution < 1.29 is 0 Å². The standard InChI is InChI=1S/C12H25B/c1-5-11(3)9-7-8-10-12(4,6-2)13-11/h13H,5-10H2,1-4H3. The molecule has 2 unspecified atom stereocenters. The molecule has 1 heterocycles. The molecule has 0 spiro atoms. The summed E-state index contributed by atoms with van der Waals surface area (Å²) in [6, 6.07) is 0. The summed E-state index contributed by atoms with van der Waals surface area (Å²) in [5.41, 5.74) is 0. The van der Waals surface area contributed by atoms with Gasteiger partial charge in [0.1, 0.15) is 7.28 Å². The predicted octanol–water partition coefficient (Wildman–Crippen LogP) is 4.17. The van der Waals surface area contributed by atoms with Crippen LogP contribution in [0.1, 0.15) is 66.2 Å². The molecule has 1 aliphatic rings. The van der Waals surface area contributed by atoms with E-state index in [1.807, 2.05) is 0 Å². The van der Waals surface area contributed by atoms with Crippen LogP contribution in [0.2, 0.25) is 10.6 Å². The summed E-state index contributed by atoms with van der Waals surface area (Å²) in [5.74, 6) is 0. The topological polar surface area (TPSA) is 0 Å². The van der Waals surface area contributed by atoms with Gasteiger partial charge >= 0.3 is 0 Å². The molecule has 0 saturated carbocycles. The Hall–Kier alpha value is 0.0649. The van der Waals surface area contributed by atoms with E-state index < -0.39 is 0 Å². The molecule has 0 aromatic heterocycles. The van der Waals surface area contributed by atoms with Gasteiger partial charge in [-0.05, 0) is 0 Å². The highest BCUT2D eigenvalue weighted by molar-refractivity contribution is 6.44. The molecule has 0 aromatic carbocycles. The minimum atomic E-state index is 0.640. The number of hydrogen-bond acceptors (Lipinski definition) is 0. The Morgan fingerprint density at radius 3 is 1.62 bits per heavy atom. The van der Waals surface area contributed by atoms with Gasteiger partial charge < -0.3 is 0 Å². The fourth-order valence-corrected chi connectivity index (χ4v) is 2.91. The average Bonchev–Trinajstić information content (AvgIpc) is 2.27. The van der Waals surface area contributed by atoms with E-state index in [0.717, 1.165) is 0 Å². The Labute approximate surface area is 84.7 Å². The lowest BCUT2D eigenvalue weighted by Gasteiger charge is -2.34. The van der Waals surface area contributed by atoms with E-state index in [1.54, 1.807) is 0 Å². The molecule has 1 aliphatic heterocycles. The van der Waals surface area contributed by atoms with Crippen LogP contribution in [0.3, 0.4) is 0 Å². The van der Waals surface area contributed by atoms with Gasteiger partial charge in [-0.15, -0.1) is 0 Å².